The smallest absolute Gasteiger partial charge is 0.133 e. The number of carbonyl (C=O) groups excluding carboxylic acids is 1. The van der Waals surface area contributed by atoms with Crippen molar-refractivity contribution < 1.29 is 9.53 Å². The Balaban J connectivity index is 1.94. The highest BCUT2D eigenvalue weighted by molar-refractivity contribution is 5.78. The van der Waals surface area contributed by atoms with Crippen LogP contribution in [0.15, 0.2) is 0 Å². The molecule has 0 aliphatic carbocycles. The summed E-state index contributed by atoms with van der Waals surface area (Å²) in [5.41, 5.74) is 0. The first-order chi connectivity index (χ1) is 4.83. The van der Waals surface area contributed by atoms with Crippen molar-refractivity contribution in [2.24, 2.45) is 0 Å². The lowest BCUT2D eigenvalue weighted by molar-refractivity contribution is -0.119. The number of hydrogen-bond donors (Lipinski definition) is 0. The molecular weight excluding hydrogens is 128 g/mol. The van der Waals surface area contributed by atoms with E-state index in [-0.39, 0.29) is 0 Å². The maximum atomic E-state index is 10.9. The SMILES string of the molecule is CCCC(=O)CCC1CO1. The third-order valence-corrected chi connectivity index (χ3v) is 1.68. The minimum atomic E-state index is 0.387. The highest BCUT2D eigenvalue weighted by Gasteiger charge is 2.22. The van der Waals surface area contributed by atoms with E-state index in [9.17, 15) is 4.79 Å². The summed E-state index contributed by atoms with van der Waals surface area (Å²) in [6.45, 7) is 2.91. The van der Waals surface area contributed by atoms with Crippen LogP contribution in [0, 0.1) is 0 Å². The molecule has 2 heteroatoms. The Morgan fingerprint density at radius 1 is 1.60 bits per heavy atom. The van der Waals surface area contributed by atoms with E-state index in [0.29, 0.717) is 11.9 Å². The molecule has 58 valence electrons. The summed E-state index contributed by atoms with van der Waals surface area (Å²) in [4.78, 5) is 10.9. The first-order valence-corrected chi connectivity index (χ1v) is 3.96. The number of Topliss-reactive ketones (excluding diaryl/α,β-unsaturated/α-hetero) is 1. The van der Waals surface area contributed by atoms with Crippen LogP contribution in [-0.4, -0.2) is 18.5 Å². The molecule has 0 aromatic heterocycles. The minimum absolute atomic E-state index is 0.387. The van der Waals surface area contributed by atoms with Gasteiger partial charge in [0.1, 0.15) is 5.78 Å². The van der Waals surface area contributed by atoms with Crippen LogP contribution >= 0.6 is 0 Å². The monoisotopic (exact) mass is 142 g/mol. The van der Waals surface area contributed by atoms with E-state index in [2.05, 4.69) is 0 Å². The number of hydrogen-bond acceptors (Lipinski definition) is 2. The van der Waals surface area contributed by atoms with E-state index >= 15 is 0 Å². The Morgan fingerprint density at radius 2 is 2.30 bits per heavy atom. The second-order valence-corrected chi connectivity index (χ2v) is 2.78. The second-order valence-electron chi connectivity index (χ2n) is 2.78. The van der Waals surface area contributed by atoms with Crippen LogP contribution in [0.5, 0.6) is 0 Å². The van der Waals surface area contributed by atoms with E-state index in [0.717, 1.165) is 32.3 Å². The predicted octanol–water partition coefficient (Wildman–Crippen LogP) is 1.53. The Bertz CT molecular complexity index is 116. The van der Waals surface area contributed by atoms with Gasteiger partial charge in [-0.2, -0.15) is 0 Å². The van der Waals surface area contributed by atoms with Gasteiger partial charge in [-0.05, 0) is 12.8 Å². The zero-order valence-corrected chi connectivity index (χ0v) is 6.43. The molecule has 0 aromatic carbocycles. The number of rotatable bonds is 5. The lowest BCUT2D eigenvalue weighted by Crippen LogP contribution is -1.98. The van der Waals surface area contributed by atoms with Crippen molar-refractivity contribution in [1.82, 2.24) is 0 Å². The van der Waals surface area contributed by atoms with Gasteiger partial charge in [-0.3, -0.25) is 4.79 Å². The summed E-state index contributed by atoms with van der Waals surface area (Å²) in [5.74, 6) is 0.387. The Kier molecular flexibility index (Phi) is 2.87. The fraction of sp³-hybridized carbons (Fsp3) is 0.875. The number of ketones is 1. The molecule has 1 saturated heterocycles. The first kappa shape index (κ1) is 7.73. The van der Waals surface area contributed by atoms with Gasteiger partial charge in [-0.25, -0.2) is 0 Å². The summed E-state index contributed by atoms with van der Waals surface area (Å²) >= 11 is 0. The van der Waals surface area contributed by atoms with Gasteiger partial charge < -0.3 is 4.74 Å². The van der Waals surface area contributed by atoms with E-state index in [1.54, 1.807) is 0 Å². The second kappa shape index (κ2) is 3.71. The van der Waals surface area contributed by atoms with Crippen molar-refractivity contribution >= 4 is 5.78 Å². The molecule has 1 aliphatic heterocycles. The molecule has 1 unspecified atom stereocenters. The van der Waals surface area contributed by atoms with Crippen molar-refractivity contribution in [3.05, 3.63) is 0 Å². The quantitative estimate of drug-likeness (QED) is 0.545. The van der Waals surface area contributed by atoms with Gasteiger partial charge in [-0.15, -0.1) is 0 Å². The molecule has 2 nitrogen and oxygen atoms in total. The maximum Gasteiger partial charge on any atom is 0.133 e. The van der Waals surface area contributed by atoms with Crippen LogP contribution in [0.4, 0.5) is 0 Å². The molecule has 1 rings (SSSR count). The molecule has 0 saturated carbocycles. The highest BCUT2D eigenvalue weighted by Crippen LogP contribution is 2.15. The Morgan fingerprint density at radius 3 is 2.80 bits per heavy atom. The number of ether oxygens (including phenoxy) is 1. The molecule has 0 aromatic rings. The molecule has 0 radical (unpaired) electrons. The van der Waals surface area contributed by atoms with Crippen molar-refractivity contribution in [3.63, 3.8) is 0 Å². The Hall–Kier alpha value is -0.370. The van der Waals surface area contributed by atoms with Gasteiger partial charge in [0, 0.05) is 12.8 Å². The van der Waals surface area contributed by atoms with Gasteiger partial charge >= 0.3 is 0 Å². The summed E-state index contributed by atoms with van der Waals surface area (Å²) < 4.78 is 4.98. The summed E-state index contributed by atoms with van der Waals surface area (Å²) in [6.07, 6.45) is 3.80. The molecule has 1 heterocycles. The van der Waals surface area contributed by atoms with E-state index in [1.807, 2.05) is 6.92 Å². The summed E-state index contributed by atoms with van der Waals surface area (Å²) in [5, 5.41) is 0. The normalized spacial score (nSPS) is 22.7. The van der Waals surface area contributed by atoms with Crippen molar-refractivity contribution in [2.45, 2.75) is 38.7 Å². The van der Waals surface area contributed by atoms with Crippen LogP contribution in [0.3, 0.4) is 0 Å². The topological polar surface area (TPSA) is 29.6 Å². The summed E-state index contributed by atoms with van der Waals surface area (Å²) in [6, 6.07) is 0. The third-order valence-electron chi connectivity index (χ3n) is 1.68. The van der Waals surface area contributed by atoms with Crippen LogP contribution in [0.1, 0.15) is 32.6 Å². The van der Waals surface area contributed by atoms with E-state index in [1.165, 1.54) is 0 Å². The third kappa shape index (κ3) is 2.97. The lowest BCUT2D eigenvalue weighted by atomic mass is 10.1. The van der Waals surface area contributed by atoms with Crippen molar-refractivity contribution in [3.8, 4) is 0 Å². The van der Waals surface area contributed by atoms with Crippen molar-refractivity contribution in [1.29, 1.82) is 0 Å². The number of epoxide rings is 1. The van der Waals surface area contributed by atoms with Gasteiger partial charge in [0.2, 0.25) is 0 Å². The van der Waals surface area contributed by atoms with Gasteiger partial charge in [0.25, 0.3) is 0 Å². The zero-order chi connectivity index (χ0) is 7.40. The molecule has 0 bridgehead atoms. The van der Waals surface area contributed by atoms with Crippen LogP contribution in [0.25, 0.3) is 0 Å². The highest BCUT2D eigenvalue weighted by atomic mass is 16.6. The molecule has 0 amide bonds. The van der Waals surface area contributed by atoms with Crippen LogP contribution in [0.2, 0.25) is 0 Å². The average molecular weight is 142 g/mol. The largest absolute Gasteiger partial charge is 0.373 e. The molecule has 0 spiro atoms. The van der Waals surface area contributed by atoms with E-state index in [4.69, 9.17) is 4.74 Å². The first-order valence-electron chi connectivity index (χ1n) is 3.96. The predicted molar refractivity (Wildman–Crippen MR) is 38.9 cm³/mol. The fourth-order valence-corrected chi connectivity index (χ4v) is 0.961. The molecule has 0 N–H and O–H groups in total. The number of carbonyl (C=O) groups is 1. The van der Waals surface area contributed by atoms with Gasteiger partial charge in [-0.1, -0.05) is 6.92 Å². The molecule has 1 atom stereocenters. The van der Waals surface area contributed by atoms with E-state index < -0.39 is 0 Å². The summed E-state index contributed by atoms with van der Waals surface area (Å²) in [7, 11) is 0. The molecule has 1 fully saturated rings. The lowest BCUT2D eigenvalue weighted by Gasteiger charge is -1.94. The maximum absolute atomic E-state index is 10.9. The molecular formula is C8H14O2. The molecule has 10 heavy (non-hydrogen) atoms. The van der Waals surface area contributed by atoms with Gasteiger partial charge in [0.15, 0.2) is 0 Å². The van der Waals surface area contributed by atoms with Gasteiger partial charge in [0.05, 0.1) is 12.7 Å². The fourth-order valence-electron chi connectivity index (χ4n) is 0.961. The van der Waals surface area contributed by atoms with Crippen LogP contribution < -0.4 is 0 Å². The minimum Gasteiger partial charge on any atom is -0.373 e. The van der Waals surface area contributed by atoms with Crippen LogP contribution in [-0.2, 0) is 9.53 Å². The van der Waals surface area contributed by atoms with Crippen molar-refractivity contribution in [2.75, 3.05) is 6.61 Å². The Labute approximate surface area is 61.6 Å². The zero-order valence-electron chi connectivity index (χ0n) is 6.43. The molecule has 1 aliphatic rings. The average Bonchev–Trinajstić information content (AvgIpc) is 2.67. The standard InChI is InChI=1S/C8H14O2/c1-2-3-7(9)4-5-8-6-10-8/h8H,2-6H2,1H3.